The van der Waals surface area contributed by atoms with Gasteiger partial charge < -0.3 is 10.2 Å². The summed E-state index contributed by atoms with van der Waals surface area (Å²) in [5.74, 6) is -0.846. The number of fused-ring (bicyclic) bond motifs is 1. The molecule has 0 radical (unpaired) electrons. The number of carbonyl (C=O) groups is 1. The van der Waals surface area contributed by atoms with E-state index in [9.17, 15) is 18.0 Å². The van der Waals surface area contributed by atoms with Crippen molar-refractivity contribution in [2.75, 3.05) is 23.3 Å². The van der Waals surface area contributed by atoms with Crippen LogP contribution in [-0.4, -0.2) is 29.0 Å². The first-order valence-corrected chi connectivity index (χ1v) is 10.6. The molecular weight excluding hydrogens is 417 g/mol. The Bertz CT molecular complexity index is 1150. The molecule has 1 aromatic heterocycles. The second kappa shape index (κ2) is 8.41. The number of nitrogens with one attached hydrogen (secondary N) is 1. The van der Waals surface area contributed by atoms with Gasteiger partial charge in [0, 0.05) is 18.8 Å². The number of amides is 1. The van der Waals surface area contributed by atoms with Gasteiger partial charge in [0.1, 0.15) is 0 Å². The number of carbonyl (C=O) groups excluding carboxylic acids is 1. The standard InChI is InChI=1S/C24H25F3N4O/c1-14-11-15(2)20(16(3)12-14)30-23(32)17-7-6-10-31(13-17)22-21(24(25,26)27)28-18-8-4-5-9-19(18)29-22/h4-5,8-9,11-12,17H,6-7,10,13H2,1-3H3,(H,30,32)/t17-/m1/s1. The van der Waals surface area contributed by atoms with Crippen LogP contribution in [0.5, 0.6) is 0 Å². The zero-order valence-corrected chi connectivity index (χ0v) is 18.3. The molecule has 32 heavy (non-hydrogen) atoms. The highest BCUT2D eigenvalue weighted by molar-refractivity contribution is 5.94. The van der Waals surface area contributed by atoms with Gasteiger partial charge in [0.25, 0.3) is 0 Å². The number of rotatable bonds is 3. The number of aromatic nitrogens is 2. The number of hydrogen-bond acceptors (Lipinski definition) is 4. The maximum Gasteiger partial charge on any atom is 0.437 e. The van der Waals surface area contributed by atoms with Crippen LogP contribution in [0.15, 0.2) is 36.4 Å². The van der Waals surface area contributed by atoms with Gasteiger partial charge >= 0.3 is 6.18 Å². The molecule has 4 rings (SSSR count). The van der Waals surface area contributed by atoms with Crippen molar-refractivity contribution in [1.29, 1.82) is 0 Å². The molecule has 2 aromatic carbocycles. The molecule has 0 bridgehead atoms. The number of piperidine rings is 1. The number of hydrogen-bond donors (Lipinski definition) is 1. The van der Waals surface area contributed by atoms with Gasteiger partial charge in [-0.1, -0.05) is 29.8 Å². The summed E-state index contributed by atoms with van der Waals surface area (Å²) >= 11 is 0. The zero-order valence-electron chi connectivity index (χ0n) is 18.3. The summed E-state index contributed by atoms with van der Waals surface area (Å²) in [6, 6.07) is 10.5. The van der Waals surface area contributed by atoms with Crippen LogP contribution in [0.2, 0.25) is 0 Å². The number of benzene rings is 2. The molecule has 168 valence electrons. The van der Waals surface area contributed by atoms with Gasteiger partial charge in [0.2, 0.25) is 5.91 Å². The molecule has 1 N–H and O–H groups in total. The van der Waals surface area contributed by atoms with Gasteiger partial charge in [0.15, 0.2) is 11.5 Å². The van der Waals surface area contributed by atoms with Crippen LogP contribution in [0.1, 0.15) is 35.2 Å². The molecule has 0 spiro atoms. The first-order valence-electron chi connectivity index (χ1n) is 10.6. The zero-order chi connectivity index (χ0) is 23.0. The number of aryl methyl sites for hydroxylation is 3. The quantitative estimate of drug-likeness (QED) is 0.588. The van der Waals surface area contributed by atoms with Gasteiger partial charge in [-0.3, -0.25) is 4.79 Å². The lowest BCUT2D eigenvalue weighted by atomic mass is 9.96. The Kier molecular flexibility index (Phi) is 5.79. The average Bonchev–Trinajstić information content (AvgIpc) is 2.74. The van der Waals surface area contributed by atoms with E-state index in [1.807, 2.05) is 32.9 Å². The highest BCUT2D eigenvalue weighted by Gasteiger charge is 2.40. The molecule has 0 saturated carbocycles. The van der Waals surface area contributed by atoms with E-state index < -0.39 is 17.8 Å². The van der Waals surface area contributed by atoms with Crippen LogP contribution >= 0.6 is 0 Å². The van der Waals surface area contributed by atoms with Crippen molar-refractivity contribution in [3.8, 4) is 0 Å². The van der Waals surface area contributed by atoms with Gasteiger partial charge in [-0.05, 0) is 56.9 Å². The molecule has 0 aliphatic carbocycles. The number of para-hydroxylation sites is 2. The lowest BCUT2D eigenvalue weighted by Gasteiger charge is -2.34. The fourth-order valence-corrected chi connectivity index (χ4v) is 4.39. The van der Waals surface area contributed by atoms with Gasteiger partial charge in [-0.25, -0.2) is 9.97 Å². The topological polar surface area (TPSA) is 58.1 Å². The number of nitrogens with zero attached hydrogens (tertiary/aromatic N) is 3. The molecule has 1 aliphatic rings. The van der Waals surface area contributed by atoms with Crippen LogP contribution in [0, 0.1) is 26.7 Å². The molecule has 1 atom stereocenters. The number of halogens is 3. The molecule has 1 saturated heterocycles. The van der Waals surface area contributed by atoms with Crippen LogP contribution in [0.4, 0.5) is 24.7 Å². The van der Waals surface area contributed by atoms with E-state index in [1.165, 1.54) is 6.07 Å². The monoisotopic (exact) mass is 442 g/mol. The van der Waals surface area contributed by atoms with E-state index in [0.717, 1.165) is 22.4 Å². The third kappa shape index (κ3) is 4.40. The van der Waals surface area contributed by atoms with E-state index in [1.54, 1.807) is 23.1 Å². The molecule has 1 fully saturated rings. The minimum atomic E-state index is -4.64. The highest BCUT2D eigenvalue weighted by atomic mass is 19.4. The Morgan fingerprint density at radius 1 is 1.06 bits per heavy atom. The van der Waals surface area contributed by atoms with Crippen LogP contribution in [0.25, 0.3) is 11.0 Å². The largest absolute Gasteiger partial charge is 0.437 e. The summed E-state index contributed by atoms with van der Waals surface area (Å²) in [7, 11) is 0. The highest BCUT2D eigenvalue weighted by Crippen LogP contribution is 2.37. The molecule has 1 aliphatic heterocycles. The van der Waals surface area contributed by atoms with Crippen molar-refractivity contribution in [3.63, 3.8) is 0 Å². The predicted octanol–water partition coefficient (Wildman–Crippen LogP) is 5.43. The van der Waals surface area contributed by atoms with Crippen molar-refractivity contribution in [2.45, 2.75) is 39.8 Å². The SMILES string of the molecule is Cc1cc(C)c(NC(=O)[C@@H]2CCCN(c3nc4ccccc4nc3C(F)(F)F)C2)c(C)c1. The van der Waals surface area contributed by atoms with Crippen molar-refractivity contribution in [3.05, 3.63) is 58.8 Å². The van der Waals surface area contributed by atoms with Crippen molar-refractivity contribution >= 4 is 28.4 Å². The average molecular weight is 442 g/mol. The predicted molar refractivity (Wildman–Crippen MR) is 119 cm³/mol. The number of anilines is 2. The van der Waals surface area contributed by atoms with E-state index in [2.05, 4.69) is 15.3 Å². The molecule has 1 amide bonds. The summed E-state index contributed by atoms with van der Waals surface area (Å²) < 4.78 is 41.4. The van der Waals surface area contributed by atoms with Gasteiger partial charge in [-0.2, -0.15) is 13.2 Å². The summed E-state index contributed by atoms with van der Waals surface area (Å²) in [5.41, 5.74) is 3.37. The van der Waals surface area contributed by atoms with Crippen molar-refractivity contribution in [2.24, 2.45) is 5.92 Å². The Hall–Kier alpha value is -3.16. The summed E-state index contributed by atoms with van der Waals surface area (Å²) in [5, 5.41) is 3.00. The Morgan fingerprint density at radius 2 is 1.69 bits per heavy atom. The number of alkyl halides is 3. The second-order valence-corrected chi connectivity index (χ2v) is 8.43. The molecule has 3 aromatic rings. The Balaban J connectivity index is 1.62. The molecule has 8 heteroatoms. The van der Waals surface area contributed by atoms with E-state index in [-0.39, 0.29) is 23.8 Å². The second-order valence-electron chi connectivity index (χ2n) is 8.43. The Morgan fingerprint density at radius 3 is 2.31 bits per heavy atom. The summed E-state index contributed by atoms with van der Waals surface area (Å²) in [4.78, 5) is 22.7. The van der Waals surface area contributed by atoms with Crippen LogP contribution in [-0.2, 0) is 11.0 Å². The van der Waals surface area contributed by atoms with Crippen LogP contribution in [0.3, 0.4) is 0 Å². The first kappa shape index (κ1) is 22.0. The third-order valence-corrected chi connectivity index (χ3v) is 5.84. The molecule has 2 heterocycles. The van der Waals surface area contributed by atoms with Crippen molar-refractivity contribution < 1.29 is 18.0 Å². The maximum absolute atomic E-state index is 13.8. The maximum atomic E-state index is 13.8. The molecule has 0 unspecified atom stereocenters. The smallest absolute Gasteiger partial charge is 0.354 e. The van der Waals surface area contributed by atoms with Gasteiger partial charge in [0.05, 0.1) is 17.0 Å². The van der Waals surface area contributed by atoms with Crippen LogP contribution < -0.4 is 10.2 Å². The van der Waals surface area contributed by atoms with Gasteiger partial charge in [-0.15, -0.1) is 0 Å². The summed E-state index contributed by atoms with van der Waals surface area (Å²) in [6.45, 7) is 6.41. The molecular formula is C24H25F3N4O. The third-order valence-electron chi connectivity index (χ3n) is 5.84. The first-order chi connectivity index (χ1) is 15.1. The van der Waals surface area contributed by atoms with E-state index in [0.29, 0.717) is 24.9 Å². The van der Waals surface area contributed by atoms with E-state index >= 15 is 0 Å². The minimum Gasteiger partial charge on any atom is -0.354 e. The fourth-order valence-electron chi connectivity index (χ4n) is 4.39. The lowest BCUT2D eigenvalue weighted by Crippen LogP contribution is -2.42. The molecule has 5 nitrogen and oxygen atoms in total. The Labute approximate surface area is 184 Å². The van der Waals surface area contributed by atoms with E-state index in [4.69, 9.17) is 0 Å². The van der Waals surface area contributed by atoms with Crippen molar-refractivity contribution in [1.82, 2.24) is 9.97 Å². The fraction of sp³-hybridized carbons (Fsp3) is 0.375. The minimum absolute atomic E-state index is 0.159. The summed E-state index contributed by atoms with van der Waals surface area (Å²) in [6.07, 6.45) is -3.44. The lowest BCUT2D eigenvalue weighted by molar-refractivity contribution is -0.140. The normalized spacial score (nSPS) is 16.9.